The number of hydrogen-bond donors (Lipinski definition) is 1. The van der Waals surface area contributed by atoms with Gasteiger partial charge in [-0.15, -0.1) is 0 Å². The van der Waals surface area contributed by atoms with Gasteiger partial charge in [-0.3, -0.25) is 10.1 Å². The molecule has 5 nitrogen and oxygen atoms in total. The molecule has 0 aliphatic heterocycles. The number of nitrogens with zero attached hydrogens (tertiary/aromatic N) is 3. The summed E-state index contributed by atoms with van der Waals surface area (Å²) in [4.78, 5) is 19.2. The second kappa shape index (κ2) is 3.07. The van der Waals surface area contributed by atoms with Crippen LogP contribution in [0.4, 0.5) is 5.95 Å². The van der Waals surface area contributed by atoms with Crippen LogP contribution in [0.5, 0.6) is 0 Å². The third kappa shape index (κ3) is 1.42. The van der Waals surface area contributed by atoms with Crippen LogP contribution in [0.1, 0.15) is 12.8 Å². The minimum Gasteiger partial charge on any atom is -0.293 e. The summed E-state index contributed by atoms with van der Waals surface area (Å²) in [5, 5.41) is 11.3. The molecule has 1 aliphatic carbocycles. The van der Waals surface area contributed by atoms with E-state index in [2.05, 4.69) is 15.3 Å². The van der Waals surface area contributed by atoms with Crippen molar-refractivity contribution >= 4 is 11.9 Å². The van der Waals surface area contributed by atoms with Crippen LogP contribution in [0.25, 0.3) is 0 Å². The topological polar surface area (TPSA) is 78.7 Å². The first-order valence-corrected chi connectivity index (χ1v) is 4.27. The second-order valence-corrected chi connectivity index (χ2v) is 3.22. The lowest BCUT2D eigenvalue weighted by atomic mass is 10.1. The number of rotatable bonds is 2. The molecule has 0 atom stereocenters. The van der Waals surface area contributed by atoms with E-state index in [0.29, 0.717) is 12.8 Å². The number of carbonyl (C=O) groups is 1. The Labute approximate surface area is 80.8 Å². The molecule has 0 saturated heterocycles. The predicted octanol–water partition coefficient (Wildman–Crippen LogP) is 0.719. The number of aromatic nitrogens is 2. The first-order chi connectivity index (χ1) is 6.77. The maximum Gasteiger partial charge on any atom is 0.247 e. The average molecular weight is 188 g/mol. The molecule has 0 unspecified atom stereocenters. The monoisotopic (exact) mass is 188 g/mol. The Morgan fingerprint density at radius 2 is 2.14 bits per heavy atom. The molecular weight excluding hydrogens is 180 g/mol. The van der Waals surface area contributed by atoms with Gasteiger partial charge >= 0.3 is 0 Å². The molecule has 0 radical (unpaired) electrons. The largest absolute Gasteiger partial charge is 0.293 e. The van der Waals surface area contributed by atoms with Gasteiger partial charge in [-0.05, 0) is 18.9 Å². The zero-order chi connectivity index (χ0) is 10.0. The third-order valence-corrected chi connectivity index (χ3v) is 2.19. The summed E-state index contributed by atoms with van der Waals surface area (Å²) in [7, 11) is 0. The molecule has 1 amide bonds. The van der Waals surface area contributed by atoms with Crippen molar-refractivity contribution in [3.8, 4) is 6.07 Å². The molecule has 5 heteroatoms. The van der Waals surface area contributed by atoms with Crippen molar-refractivity contribution in [3.05, 3.63) is 18.5 Å². The average Bonchev–Trinajstić information content (AvgIpc) is 3.00. The van der Waals surface area contributed by atoms with Crippen molar-refractivity contribution in [2.45, 2.75) is 12.8 Å². The van der Waals surface area contributed by atoms with Crippen LogP contribution in [0, 0.1) is 16.7 Å². The van der Waals surface area contributed by atoms with Gasteiger partial charge in [0.2, 0.25) is 11.9 Å². The SMILES string of the molecule is N#CC1(C(=O)Nc2ncccn2)CC1. The van der Waals surface area contributed by atoms with Gasteiger partial charge in [0.05, 0.1) is 6.07 Å². The molecular formula is C9H8N4O. The fourth-order valence-electron chi connectivity index (χ4n) is 1.10. The van der Waals surface area contributed by atoms with Crippen LogP contribution in [-0.2, 0) is 4.79 Å². The highest BCUT2D eigenvalue weighted by Gasteiger charge is 2.50. The number of amides is 1. The van der Waals surface area contributed by atoms with Gasteiger partial charge in [0.1, 0.15) is 5.41 Å². The fraction of sp³-hybridized carbons (Fsp3) is 0.333. The quantitative estimate of drug-likeness (QED) is 0.741. The van der Waals surface area contributed by atoms with Gasteiger partial charge in [-0.25, -0.2) is 9.97 Å². The van der Waals surface area contributed by atoms with Gasteiger partial charge in [0, 0.05) is 12.4 Å². The maximum atomic E-state index is 11.5. The minimum absolute atomic E-state index is 0.249. The normalized spacial score (nSPS) is 16.8. The first-order valence-electron chi connectivity index (χ1n) is 4.27. The maximum absolute atomic E-state index is 11.5. The van der Waals surface area contributed by atoms with Crippen molar-refractivity contribution in [3.63, 3.8) is 0 Å². The van der Waals surface area contributed by atoms with Gasteiger partial charge in [0.25, 0.3) is 0 Å². The molecule has 0 spiro atoms. The Morgan fingerprint density at radius 3 is 2.64 bits per heavy atom. The van der Waals surface area contributed by atoms with Crippen LogP contribution in [0.15, 0.2) is 18.5 Å². The van der Waals surface area contributed by atoms with Gasteiger partial charge in [0.15, 0.2) is 0 Å². The smallest absolute Gasteiger partial charge is 0.247 e. The van der Waals surface area contributed by atoms with Crippen molar-refractivity contribution in [1.82, 2.24) is 9.97 Å². The molecule has 1 heterocycles. The van der Waals surface area contributed by atoms with Gasteiger partial charge < -0.3 is 0 Å². The Kier molecular flexibility index (Phi) is 1.89. The van der Waals surface area contributed by atoms with E-state index < -0.39 is 5.41 Å². The Bertz CT molecular complexity index is 391. The lowest BCUT2D eigenvalue weighted by molar-refractivity contribution is -0.119. The lowest BCUT2D eigenvalue weighted by Crippen LogP contribution is -2.23. The highest BCUT2D eigenvalue weighted by molar-refractivity contribution is 5.97. The molecule has 70 valence electrons. The number of carbonyl (C=O) groups excluding carboxylic acids is 1. The summed E-state index contributed by atoms with van der Waals surface area (Å²) in [6.45, 7) is 0. The molecule has 2 rings (SSSR count). The van der Waals surface area contributed by atoms with Gasteiger partial charge in [-0.1, -0.05) is 0 Å². The van der Waals surface area contributed by atoms with E-state index in [-0.39, 0.29) is 11.9 Å². The van der Waals surface area contributed by atoms with Crippen LogP contribution in [-0.4, -0.2) is 15.9 Å². The Hall–Kier alpha value is -1.96. The molecule has 1 aromatic rings. The highest BCUT2D eigenvalue weighted by Crippen LogP contribution is 2.45. The molecule has 1 N–H and O–H groups in total. The summed E-state index contributed by atoms with van der Waals surface area (Å²) >= 11 is 0. The number of nitriles is 1. The Balaban J connectivity index is 2.07. The van der Waals surface area contributed by atoms with Crippen LogP contribution < -0.4 is 5.32 Å². The number of anilines is 1. The highest BCUT2D eigenvalue weighted by atomic mass is 16.2. The minimum atomic E-state index is -0.820. The summed E-state index contributed by atoms with van der Waals surface area (Å²) < 4.78 is 0. The van der Waals surface area contributed by atoms with Crippen LogP contribution >= 0.6 is 0 Å². The van der Waals surface area contributed by atoms with E-state index in [1.54, 1.807) is 6.07 Å². The van der Waals surface area contributed by atoms with E-state index in [1.807, 2.05) is 6.07 Å². The standard InChI is InChI=1S/C9H8N4O/c10-6-9(2-3-9)7(14)13-8-11-4-1-5-12-8/h1,4-5H,2-3H2,(H,11,12,13,14). The zero-order valence-electron chi connectivity index (χ0n) is 7.40. The molecule has 1 fully saturated rings. The van der Waals surface area contributed by atoms with Crippen molar-refractivity contribution < 1.29 is 4.79 Å². The van der Waals surface area contributed by atoms with E-state index >= 15 is 0 Å². The summed E-state index contributed by atoms with van der Waals surface area (Å²) in [6.07, 6.45) is 4.33. The Morgan fingerprint density at radius 1 is 1.50 bits per heavy atom. The second-order valence-electron chi connectivity index (χ2n) is 3.22. The van der Waals surface area contributed by atoms with Crippen molar-refractivity contribution in [1.29, 1.82) is 5.26 Å². The zero-order valence-corrected chi connectivity index (χ0v) is 7.40. The fourth-order valence-corrected chi connectivity index (χ4v) is 1.10. The number of nitrogens with one attached hydrogen (secondary N) is 1. The molecule has 1 aliphatic rings. The summed E-state index contributed by atoms with van der Waals surface area (Å²) in [6, 6.07) is 3.66. The van der Waals surface area contributed by atoms with Crippen LogP contribution in [0.3, 0.4) is 0 Å². The predicted molar refractivity (Wildman–Crippen MR) is 47.9 cm³/mol. The van der Waals surface area contributed by atoms with Crippen LogP contribution in [0.2, 0.25) is 0 Å². The molecule has 14 heavy (non-hydrogen) atoms. The van der Waals surface area contributed by atoms with E-state index in [4.69, 9.17) is 5.26 Å². The molecule has 0 bridgehead atoms. The lowest BCUT2D eigenvalue weighted by Gasteiger charge is -2.05. The molecule has 1 aromatic heterocycles. The molecule has 0 aromatic carbocycles. The summed E-state index contributed by atoms with van der Waals surface area (Å²) in [5.74, 6) is -0.0507. The van der Waals surface area contributed by atoms with Gasteiger partial charge in [-0.2, -0.15) is 5.26 Å². The first kappa shape index (κ1) is 8.63. The molecule has 1 saturated carbocycles. The third-order valence-electron chi connectivity index (χ3n) is 2.19. The van der Waals surface area contributed by atoms with E-state index in [9.17, 15) is 4.79 Å². The van der Waals surface area contributed by atoms with E-state index in [1.165, 1.54) is 12.4 Å². The van der Waals surface area contributed by atoms with Crippen molar-refractivity contribution in [2.75, 3.05) is 5.32 Å². The van der Waals surface area contributed by atoms with Crippen molar-refractivity contribution in [2.24, 2.45) is 5.41 Å². The summed E-state index contributed by atoms with van der Waals surface area (Å²) in [5.41, 5.74) is -0.820. The number of hydrogen-bond acceptors (Lipinski definition) is 4. The van der Waals surface area contributed by atoms with E-state index in [0.717, 1.165) is 0 Å².